The van der Waals surface area contributed by atoms with E-state index in [9.17, 15) is 13.2 Å². The molecule has 0 aromatic heterocycles. The molecule has 0 amide bonds. The summed E-state index contributed by atoms with van der Waals surface area (Å²) in [6, 6.07) is 6.72. The fourth-order valence-corrected chi connectivity index (χ4v) is 4.77. The summed E-state index contributed by atoms with van der Waals surface area (Å²) in [7, 11) is -1.83. The average molecular weight is 389 g/mol. The van der Waals surface area contributed by atoms with Crippen molar-refractivity contribution < 1.29 is 17.9 Å². The topological polar surface area (TPSA) is 60.4 Å². The first-order chi connectivity index (χ1) is 12.6. The van der Waals surface area contributed by atoms with Crippen molar-refractivity contribution in [2.75, 3.05) is 12.9 Å². The highest BCUT2D eigenvalue weighted by atomic mass is 32.2. The molecule has 4 nitrogen and oxygen atoms in total. The van der Waals surface area contributed by atoms with E-state index < -0.39 is 9.84 Å². The smallest absolute Gasteiger partial charge is 0.163 e. The second-order valence-corrected chi connectivity index (χ2v) is 9.28. The largest absolute Gasteiger partial charge is 0.497 e. The van der Waals surface area contributed by atoms with Crippen LogP contribution in [0.1, 0.15) is 50.2 Å². The Morgan fingerprint density at radius 2 is 1.33 bits per heavy atom. The second-order valence-electron chi connectivity index (χ2n) is 7.10. The number of methoxy groups -OCH3 is 1. The second kappa shape index (κ2) is 8.26. The van der Waals surface area contributed by atoms with Gasteiger partial charge in [-0.05, 0) is 92.3 Å². The van der Waals surface area contributed by atoms with Crippen molar-refractivity contribution in [3.05, 3.63) is 63.2 Å². The summed E-state index contributed by atoms with van der Waals surface area (Å²) >= 11 is 0. The van der Waals surface area contributed by atoms with Crippen LogP contribution >= 0.6 is 0 Å². The number of sulfone groups is 1. The van der Waals surface area contributed by atoms with E-state index in [0.29, 0.717) is 11.3 Å². The molecule has 0 fully saturated rings. The van der Waals surface area contributed by atoms with Gasteiger partial charge in [0.2, 0.25) is 0 Å². The van der Waals surface area contributed by atoms with Gasteiger partial charge in [-0.15, -0.1) is 0 Å². The molecular weight excluding hydrogens is 360 g/mol. The van der Waals surface area contributed by atoms with E-state index in [4.69, 9.17) is 4.74 Å². The van der Waals surface area contributed by atoms with Gasteiger partial charge in [-0.25, -0.2) is 8.42 Å². The Morgan fingerprint density at radius 1 is 0.852 bits per heavy atom. The van der Waals surface area contributed by atoms with Gasteiger partial charge in [0.25, 0.3) is 0 Å². The lowest BCUT2D eigenvalue weighted by atomic mass is 9.90. The van der Waals surface area contributed by atoms with Gasteiger partial charge in [0.1, 0.15) is 5.75 Å². The quantitative estimate of drug-likeness (QED) is 0.659. The summed E-state index contributed by atoms with van der Waals surface area (Å²) in [4.78, 5) is 12.3. The van der Waals surface area contributed by atoms with Gasteiger partial charge in [-0.1, -0.05) is 0 Å². The lowest BCUT2D eigenvalue weighted by Gasteiger charge is -2.18. The minimum absolute atomic E-state index is 0.0173. The van der Waals surface area contributed by atoms with Gasteiger partial charge in [-0.3, -0.25) is 4.79 Å². The maximum atomic E-state index is 12.7. The summed E-state index contributed by atoms with van der Waals surface area (Å²) in [6.07, 6.45) is -0.0173. The Kier molecular flexibility index (Phi) is 6.47. The van der Waals surface area contributed by atoms with E-state index in [-0.39, 0.29) is 23.7 Å². The first-order valence-corrected chi connectivity index (χ1v) is 10.8. The molecular formula is C22H28O4S. The van der Waals surface area contributed by atoms with Crippen molar-refractivity contribution in [1.29, 1.82) is 0 Å². The van der Waals surface area contributed by atoms with Gasteiger partial charge >= 0.3 is 0 Å². The van der Waals surface area contributed by atoms with Crippen molar-refractivity contribution in [2.45, 2.75) is 46.8 Å². The van der Waals surface area contributed by atoms with Crippen LogP contribution in [0.5, 0.6) is 5.75 Å². The number of hydrogen-bond donors (Lipinski definition) is 0. The summed E-state index contributed by atoms with van der Waals surface area (Å²) in [5, 5.41) is 0. The Morgan fingerprint density at radius 3 is 1.81 bits per heavy atom. The minimum atomic E-state index is -3.39. The molecule has 2 aromatic carbocycles. The molecule has 0 saturated carbocycles. The van der Waals surface area contributed by atoms with Crippen LogP contribution < -0.4 is 4.74 Å². The van der Waals surface area contributed by atoms with Crippen LogP contribution in [0.4, 0.5) is 0 Å². The zero-order chi connectivity index (χ0) is 20.4. The van der Waals surface area contributed by atoms with Crippen LogP contribution in [0, 0.1) is 34.6 Å². The Bertz CT molecular complexity index is 926. The summed E-state index contributed by atoms with van der Waals surface area (Å²) in [5.74, 6) is 0.312. The zero-order valence-corrected chi connectivity index (χ0v) is 17.8. The van der Waals surface area contributed by atoms with E-state index in [1.807, 2.05) is 27.7 Å². The standard InChI is InChI=1S/C22H28O4S/c1-14-15(2)17(4)21(18(5)16(14)3)13-27(24,25)12-11-22(23)19-7-9-20(26-6)10-8-19/h7-10H,11-13H2,1-6H3. The first kappa shape index (κ1) is 21.2. The van der Waals surface area contributed by atoms with Gasteiger partial charge < -0.3 is 4.74 Å². The van der Waals surface area contributed by atoms with Crippen LogP contribution in [0.2, 0.25) is 0 Å². The number of ether oxygens (including phenoxy) is 1. The number of ketones is 1. The molecule has 0 aliphatic carbocycles. The molecule has 0 heterocycles. The molecule has 146 valence electrons. The van der Waals surface area contributed by atoms with Crippen LogP contribution in [-0.4, -0.2) is 27.1 Å². The third-order valence-corrected chi connectivity index (χ3v) is 7.13. The highest BCUT2D eigenvalue weighted by Gasteiger charge is 2.20. The third-order valence-electron chi connectivity index (χ3n) is 5.57. The molecule has 0 aliphatic rings. The molecule has 2 rings (SSSR count). The molecule has 0 unspecified atom stereocenters. The van der Waals surface area contributed by atoms with Crippen molar-refractivity contribution in [3.63, 3.8) is 0 Å². The number of hydrogen-bond acceptors (Lipinski definition) is 4. The fourth-order valence-electron chi connectivity index (χ4n) is 3.26. The predicted molar refractivity (Wildman–Crippen MR) is 110 cm³/mol. The highest BCUT2D eigenvalue weighted by molar-refractivity contribution is 7.90. The molecule has 5 heteroatoms. The highest BCUT2D eigenvalue weighted by Crippen LogP contribution is 2.27. The number of carbonyl (C=O) groups is 1. The minimum Gasteiger partial charge on any atom is -0.497 e. The van der Waals surface area contributed by atoms with E-state index in [2.05, 4.69) is 6.92 Å². The third kappa shape index (κ3) is 4.78. The van der Waals surface area contributed by atoms with Gasteiger partial charge in [-0.2, -0.15) is 0 Å². The van der Waals surface area contributed by atoms with Gasteiger partial charge in [0.05, 0.1) is 18.6 Å². The Hall–Kier alpha value is -2.14. The fraction of sp³-hybridized carbons (Fsp3) is 0.409. The SMILES string of the molecule is COc1ccc(C(=O)CCS(=O)(=O)Cc2c(C)c(C)c(C)c(C)c2C)cc1. The molecule has 0 atom stereocenters. The molecule has 0 radical (unpaired) electrons. The maximum absolute atomic E-state index is 12.7. The normalized spacial score (nSPS) is 11.5. The van der Waals surface area contributed by atoms with E-state index in [1.165, 1.54) is 5.56 Å². The lowest BCUT2D eigenvalue weighted by Crippen LogP contribution is -2.16. The number of rotatable bonds is 7. The lowest BCUT2D eigenvalue weighted by molar-refractivity contribution is 0.0988. The zero-order valence-electron chi connectivity index (χ0n) is 17.0. The van der Waals surface area contributed by atoms with Crippen LogP contribution in [0.3, 0.4) is 0 Å². The predicted octanol–water partition coefficient (Wildman–Crippen LogP) is 4.43. The average Bonchev–Trinajstić information content (AvgIpc) is 2.66. The Labute approximate surface area is 162 Å². The van der Waals surface area contributed by atoms with E-state index in [0.717, 1.165) is 27.8 Å². The number of carbonyl (C=O) groups excluding carboxylic acids is 1. The molecule has 0 spiro atoms. The first-order valence-electron chi connectivity index (χ1n) is 9.01. The summed E-state index contributed by atoms with van der Waals surface area (Å²) < 4.78 is 30.4. The summed E-state index contributed by atoms with van der Waals surface area (Å²) in [5.41, 5.74) is 6.91. The van der Waals surface area contributed by atoms with E-state index >= 15 is 0 Å². The number of benzene rings is 2. The van der Waals surface area contributed by atoms with Crippen LogP contribution in [-0.2, 0) is 15.6 Å². The molecule has 0 aliphatic heterocycles. The van der Waals surface area contributed by atoms with Crippen LogP contribution in [0.25, 0.3) is 0 Å². The molecule has 2 aromatic rings. The molecule has 0 saturated heterocycles. The van der Waals surface area contributed by atoms with E-state index in [1.54, 1.807) is 31.4 Å². The molecule has 27 heavy (non-hydrogen) atoms. The monoisotopic (exact) mass is 388 g/mol. The van der Waals surface area contributed by atoms with Gasteiger partial charge in [0.15, 0.2) is 15.6 Å². The van der Waals surface area contributed by atoms with Crippen molar-refractivity contribution >= 4 is 15.6 Å². The maximum Gasteiger partial charge on any atom is 0.163 e. The van der Waals surface area contributed by atoms with Gasteiger partial charge in [0, 0.05) is 12.0 Å². The van der Waals surface area contributed by atoms with Crippen molar-refractivity contribution in [2.24, 2.45) is 0 Å². The molecule has 0 bridgehead atoms. The molecule has 0 N–H and O–H groups in total. The summed E-state index contributed by atoms with van der Waals surface area (Å²) in [6.45, 7) is 10.1. The Balaban J connectivity index is 2.15. The van der Waals surface area contributed by atoms with Crippen LogP contribution in [0.15, 0.2) is 24.3 Å². The van der Waals surface area contributed by atoms with Crippen molar-refractivity contribution in [3.8, 4) is 5.75 Å². The number of Topliss-reactive ketones (excluding diaryl/α,β-unsaturated/α-hetero) is 1. The van der Waals surface area contributed by atoms with Crippen molar-refractivity contribution in [1.82, 2.24) is 0 Å².